The Kier molecular flexibility index (Phi) is 6.70. The molecule has 158 valence electrons. The number of hydrogen-bond donors (Lipinski definition) is 1. The van der Waals surface area contributed by atoms with Crippen molar-refractivity contribution in [2.24, 2.45) is 0 Å². The number of hydrogen-bond acceptors (Lipinski definition) is 4. The minimum atomic E-state index is -0.285. The lowest BCUT2D eigenvalue weighted by atomic mass is 10.2. The van der Waals surface area contributed by atoms with Crippen molar-refractivity contribution < 1.29 is 13.9 Å². The Labute approximate surface area is 195 Å². The zero-order valence-electron chi connectivity index (χ0n) is 16.0. The minimum absolute atomic E-state index is 0.254. The molecule has 0 aliphatic carbocycles. The minimum Gasteiger partial charge on any atom is -0.489 e. The van der Waals surface area contributed by atoms with Crippen LogP contribution >= 0.6 is 38.9 Å². The van der Waals surface area contributed by atoms with Gasteiger partial charge in [-0.2, -0.15) is 5.10 Å². The molecule has 31 heavy (non-hydrogen) atoms. The van der Waals surface area contributed by atoms with Crippen molar-refractivity contribution >= 4 is 50.6 Å². The van der Waals surface area contributed by atoms with E-state index in [-0.39, 0.29) is 11.7 Å². The highest BCUT2D eigenvalue weighted by Gasteiger charge is 2.14. The van der Waals surface area contributed by atoms with Gasteiger partial charge in [0.05, 0.1) is 15.9 Å². The molecule has 0 bridgehead atoms. The average molecular weight is 521 g/mol. The first-order valence-electron chi connectivity index (χ1n) is 9.21. The first-order chi connectivity index (χ1) is 15.0. The monoisotopic (exact) mass is 519 g/mol. The van der Waals surface area contributed by atoms with Crippen molar-refractivity contribution in [1.82, 2.24) is 9.78 Å². The summed E-state index contributed by atoms with van der Waals surface area (Å²) in [5.74, 6) is 0.583. The summed E-state index contributed by atoms with van der Waals surface area (Å²) in [5, 5.41) is 9.74. The summed E-state index contributed by atoms with van der Waals surface area (Å²) in [6, 6.07) is 15.1. The molecule has 0 aliphatic heterocycles. The van der Waals surface area contributed by atoms with Gasteiger partial charge in [0.2, 0.25) is 0 Å². The average Bonchev–Trinajstić information content (AvgIpc) is 3.36. The van der Waals surface area contributed by atoms with Crippen molar-refractivity contribution in [3.8, 4) is 5.75 Å². The van der Waals surface area contributed by atoms with Crippen molar-refractivity contribution in [2.75, 3.05) is 5.32 Å². The predicted octanol–water partition coefficient (Wildman–Crippen LogP) is 6.38. The van der Waals surface area contributed by atoms with Crippen molar-refractivity contribution in [1.29, 1.82) is 0 Å². The molecule has 0 atom stereocenters. The molecule has 4 rings (SSSR count). The number of ether oxygens (including phenoxy) is 1. The highest BCUT2D eigenvalue weighted by molar-refractivity contribution is 9.10. The number of nitrogens with zero attached hydrogens (tertiary/aromatic N) is 2. The Morgan fingerprint density at radius 2 is 1.90 bits per heavy atom. The molecule has 0 fully saturated rings. The van der Waals surface area contributed by atoms with Gasteiger partial charge in [0.15, 0.2) is 5.82 Å². The second-order valence-corrected chi connectivity index (χ2v) is 8.87. The number of benzene rings is 2. The Morgan fingerprint density at radius 3 is 2.65 bits per heavy atom. The number of aromatic nitrogens is 2. The van der Waals surface area contributed by atoms with Crippen LogP contribution in [0.5, 0.6) is 5.75 Å². The Hall–Kier alpha value is -2.68. The van der Waals surface area contributed by atoms with Gasteiger partial charge in [-0.05, 0) is 69.3 Å². The number of rotatable bonds is 7. The molecular weight excluding hydrogens is 505 g/mol. The lowest BCUT2D eigenvalue weighted by Gasteiger charge is -2.04. The van der Waals surface area contributed by atoms with Crippen LogP contribution in [0, 0.1) is 5.82 Å². The summed E-state index contributed by atoms with van der Waals surface area (Å²) < 4.78 is 21.1. The number of carbonyl (C=O) groups is 1. The Morgan fingerprint density at radius 1 is 1.16 bits per heavy atom. The van der Waals surface area contributed by atoms with Crippen LogP contribution in [-0.2, 0) is 13.2 Å². The van der Waals surface area contributed by atoms with Crippen LogP contribution in [-0.4, -0.2) is 15.7 Å². The summed E-state index contributed by atoms with van der Waals surface area (Å²) in [6.07, 6.45) is 1.76. The van der Waals surface area contributed by atoms with Gasteiger partial charge < -0.3 is 10.1 Å². The lowest BCUT2D eigenvalue weighted by molar-refractivity contribution is 0.103. The van der Waals surface area contributed by atoms with E-state index in [0.717, 1.165) is 11.1 Å². The van der Waals surface area contributed by atoms with E-state index in [1.165, 1.54) is 23.5 Å². The smallest absolute Gasteiger partial charge is 0.266 e. The summed E-state index contributed by atoms with van der Waals surface area (Å²) in [6.45, 7) is 0.807. The molecule has 0 aliphatic rings. The molecule has 9 heteroatoms. The van der Waals surface area contributed by atoms with Crippen LogP contribution in [0.2, 0.25) is 5.02 Å². The maximum Gasteiger partial charge on any atom is 0.266 e. The number of carbonyl (C=O) groups excluding carboxylic acids is 1. The fourth-order valence-electron chi connectivity index (χ4n) is 2.78. The number of anilines is 1. The van der Waals surface area contributed by atoms with Gasteiger partial charge in [0, 0.05) is 16.8 Å². The molecule has 2 aromatic heterocycles. The van der Waals surface area contributed by atoms with Gasteiger partial charge in [-0.15, -0.1) is 11.3 Å². The van der Waals surface area contributed by atoms with E-state index in [1.807, 2.05) is 5.38 Å². The second kappa shape index (κ2) is 9.64. The first kappa shape index (κ1) is 21.5. The van der Waals surface area contributed by atoms with Crippen LogP contribution in [0.3, 0.4) is 0 Å². The summed E-state index contributed by atoms with van der Waals surface area (Å²) in [7, 11) is 0. The third-order valence-corrected chi connectivity index (χ3v) is 6.11. The third kappa shape index (κ3) is 5.72. The molecule has 1 amide bonds. The quantitative estimate of drug-likeness (QED) is 0.308. The van der Waals surface area contributed by atoms with Gasteiger partial charge in [0.25, 0.3) is 5.91 Å². The van der Waals surface area contributed by atoms with E-state index in [1.54, 1.807) is 53.3 Å². The van der Waals surface area contributed by atoms with E-state index >= 15 is 0 Å². The highest BCUT2D eigenvalue weighted by Crippen LogP contribution is 2.24. The molecule has 0 spiro atoms. The number of thiophene rings is 1. The molecule has 0 saturated carbocycles. The summed E-state index contributed by atoms with van der Waals surface area (Å²) in [5.41, 5.74) is 1.80. The molecule has 2 aromatic carbocycles. The van der Waals surface area contributed by atoms with Crippen molar-refractivity contribution in [3.63, 3.8) is 0 Å². The van der Waals surface area contributed by atoms with Gasteiger partial charge in [-0.1, -0.05) is 23.7 Å². The number of amides is 1. The molecule has 5 nitrogen and oxygen atoms in total. The summed E-state index contributed by atoms with van der Waals surface area (Å²) >= 11 is 10.6. The molecule has 0 radical (unpaired) electrons. The van der Waals surface area contributed by atoms with Crippen molar-refractivity contribution in [2.45, 2.75) is 13.2 Å². The molecule has 1 N–H and O–H groups in total. The van der Waals surface area contributed by atoms with E-state index in [9.17, 15) is 9.18 Å². The fraction of sp³-hybridized carbons (Fsp3) is 0.0909. The molecule has 0 saturated heterocycles. The van der Waals surface area contributed by atoms with Crippen LogP contribution in [0.25, 0.3) is 0 Å². The zero-order chi connectivity index (χ0) is 21.8. The topological polar surface area (TPSA) is 56.2 Å². The van der Waals surface area contributed by atoms with E-state index in [4.69, 9.17) is 16.3 Å². The Bertz CT molecular complexity index is 1190. The normalized spacial score (nSPS) is 10.8. The van der Waals surface area contributed by atoms with Gasteiger partial charge >= 0.3 is 0 Å². The predicted molar refractivity (Wildman–Crippen MR) is 123 cm³/mol. The van der Waals surface area contributed by atoms with Gasteiger partial charge in [-0.3, -0.25) is 9.48 Å². The number of halogens is 3. The molecule has 4 aromatic rings. The van der Waals surface area contributed by atoms with Crippen LogP contribution in [0.15, 0.2) is 70.6 Å². The highest BCUT2D eigenvalue weighted by atomic mass is 79.9. The van der Waals surface area contributed by atoms with Gasteiger partial charge in [0.1, 0.15) is 18.2 Å². The lowest BCUT2D eigenvalue weighted by Crippen LogP contribution is -2.11. The molecular formula is C22H16BrClFN3O2S. The van der Waals surface area contributed by atoms with Gasteiger partial charge in [-0.25, -0.2) is 4.39 Å². The van der Waals surface area contributed by atoms with Crippen LogP contribution < -0.4 is 10.1 Å². The SMILES string of the molecule is O=C(Nc1nn(Cc2ccc(F)cc2)cc1Br)c1cc(COc2ccc(Cl)cc2)cs1. The van der Waals surface area contributed by atoms with E-state index < -0.39 is 0 Å². The standard InChI is InChI=1S/C22H16BrClFN3O2S/c23-19-11-28(10-14-1-5-17(25)6-2-14)27-21(19)26-22(29)20-9-15(13-31-20)12-30-18-7-3-16(24)4-8-18/h1-9,11,13H,10,12H2,(H,26,27,29). The number of nitrogens with one attached hydrogen (secondary N) is 1. The fourth-order valence-corrected chi connectivity index (χ4v) is 4.11. The van der Waals surface area contributed by atoms with E-state index in [2.05, 4.69) is 26.3 Å². The second-order valence-electron chi connectivity index (χ2n) is 6.67. The van der Waals surface area contributed by atoms with Crippen molar-refractivity contribution in [3.05, 3.63) is 97.5 Å². The van der Waals surface area contributed by atoms with Crippen LogP contribution in [0.4, 0.5) is 10.2 Å². The van der Waals surface area contributed by atoms with E-state index in [0.29, 0.717) is 39.1 Å². The largest absolute Gasteiger partial charge is 0.489 e. The zero-order valence-corrected chi connectivity index (χ0v) is 19.2. The molecule has 2 heterocycles. The molecule has 0 unspecified atom stereocenters. The Balaban J connectivity index is 1.36. The summed E-state index contributed by atoms with van der Waals surface area (Å²) in [4.78, 5) is 13.2. The maximum absolute atomic E-state index is 13.1. The maximum atomic E-state index is 13.1. The first-order valence-corrected chi connectivity index (χ1v) is 11.3. The van der Waals surface area contributed by atoms with Crippen LogP contribution in [0.1, 0.15) is 20.8 Å². The third-order valence-electron chi connectivity index (χ3n) is 4.30.